The van der Waals surface area contributed by atoms with Gasteiger partial charge in [-0.1, -0.05) is 55.3 Å². The summed E-state index contributed by atoms with van der Waals surface area (Å²) in [5, 5.41) is 15.4. The van der Waals surface area contributed by atoms with Gasteiger partial charge in [0.15, 0.2) is 5.16 Å². The van der Waals surface area contributed by atoms with Gasteiger partial charge in [0.05, 0.1) is 5.75 Å². The molecule has 0 bridgehead atoms. The van der Waals surface area contributed by atoms with Crippen LogP contribution in [0.5, 0.6) is 0 Å². The Hall–Kier alpha value is -2.98. The van der Waals surface area contributed by atoms with E-state index in [9.17, 15) is 0 Å². The number of thioether (sulfide) groups is 1. The zero-order chi connectivity index (χ0) is 22.5. The average Bonchev–Trinajstić information content (AvgIpc) is 3.49. The standard InChI is InChI=1S/C23H26N8S2/c24-21-26-19(27-22(28-21)25-16-8-3-1-4-9-16)15-33-23-30-29-20(14-18-12-7-13-32-18)31(23)17-10-5-2-6-11-17/h1,3-4,7-9,12-13,17H,2,5-6,10-11,14-15H2,(H3,24,25,26,27,28). The van der Waals surface area contributed by atoms with Crippen LogP contribution in [0.3, 0.4) is 0 Å². The van der Waals surface area contributed by atoms with Crippen LogP contribution in [0.1, 0.15) is 54.7 Å². The third-order valence-electron chi connectivity index (χ3n) is 5.65. The fourth-order valence-electron chi connectivity index (χ4n) is 4.14. The van der Waals surface area contributed by atoms with E-state index in [0.717, 1.165) is 23.1 Å². The number of anilines is 3. The van der Waals surface area contributed by atoms with Crippen molar-refractivity contribution in [1.82, 2.24) is 29.7 Å². The normalized spacial score (nSPS) is 14.4. The van der Waals surface area contributed by atoms with Crippen LogP contribution in [0.2, 0.25) is 0 Å². The summed E-state index contributed by atoms with van der Waals surface area (Å²) in [7, 11) is 0. The Morgan fingerprint density at radius 3 is 2.64 bits per heavy atom. The lowest BCUT2D eigenvalue weighted by atomic mass is 9.95. The molecular weight excluding hydrogens is 452 g/mol. The minimum absolute atomic E-state index is 0.200. The molecule has 0 saturated heterocycles. The first kappa shape index (κ1) is 21.8. The average molecular weight is 479 g/mol. The molecule has 0 atom stereocenters. The van der Waals surface area contributed by atoms with Crippen molar-refractivity contribution in [3.05, 3.63) is 64.4 Å². The lowest BCUT2D eigenvalue weighted by Gasteiger charge is -2.25. The van der Waals surface area contributed by atoms with Gasteiger partial charge in [0.2, 0.25) is 11.9 Å². The second-order valence-corrected chi connectivity index (χ2v) is 10.0. The van der Waals surface area contributed by atoms with Crippen LogP contribution in [0.15, 0.2) is 53.0 Å². The van der Waals surface area contributed by atoms with Crippen LogP contribution in [-0.2, 0) is 12.2 Å². The van der Waals surface area contributed by atoms with Crippen LogP contribution >= 0.6 is 23.1 Å². The first-order chi connectivity index (χ1) is 16.2. The summed E-state index contributed by atoms with van der Waals surface area (Å²) in [6.45, 7) is 0. The molecule has 0 aliphatic heterocycles. The molecule has 0 spiro atoms. The molecule has 1 aliphatic carbocycles. The third-order valence-corrected chi connectivity index (χ3v) is 7.46. The summed E-state index contributed by atoms with van der Waals surface area (Å²) >= 11 is 3.37. The van der Waals surface area contributed by atoms with E-state index >= 15 is 0 Å². The molecule has 10 heteroatoms. The Kier molecular flexibility index (Phi) is 6.82. The van der Waals surface area contributed by atoms with Gasteiger partial charge < -0.3 is 15.6 Å². The van der Waals surface area contributed by atoms with E-state index in [2.05, 4.69) is 52.5 Å². The van der Waals surface area contributed by atoms with Crippen molar-refractivity contribution in [2.24, 2.45) is 0 Å². The van der Waals surface area contributed by atoms with Crippen LogP contribution in [-0.4, -0.2) is 29.7 Å². The second kappa shape index (κ2) is 10.3. The van der Waals surface area contributed by atoms with E-state index in [-0.39, 0.29) is 5.95 Å². The van der Waals surface area contributed by atoms with E-state index in [1.807, 2.05) is 30.3 Å². The molecule has 170 valence electrons. The number of benzene rings is 1. The van der Waals surface area contributed by atoms with Gasteiger partial charge in [-0.15, -0.1) is 21.5 Å². The highest BCUT2D eigenvalue weighted by Gasteiger charge is 2.23. The van der Waals surface area contributed by atoms with E-state index in [1.165, 1.54) is 37.0 Å². The predicted octanol–water partition coefficient (Wildman–Crippen LogP) is 5.24. The molecule has 5 rings (SSSR count). The van der Waals surface area contributed by atoms with Crippen LogP contribution in [0, 0.1) is 0 Å². The lowest BCUT2D eigenvalue weighted by molar-refractivity contribution is 0.330. The maximum atomic E-state index is 5.97. The molecule has 0 radical (unpaired) electrons. The summed E-state index contributed by atoms with van der Waals surface area (Å²) in [6, 6.07) is 14.5. The number of aromatic nitrogens is 6. The summed E-state index contributed by atoms with van der Waals surface area (Å²) in [5.74, 6) is 2.83. The zero-order valence-corrected chi connectivity index (χ0v) is 19.9. The molecule has 33 heavy (non-hydrogen) atoms. The third kappa shape index (κ3) is 5.51. The Morgan fingerprint density at radius 2 is 1.85 bits per heavy atom. The van der Waals surface area contributed by atoms with E-state index < -0.39 is 0 Å². The number of nitrogen functional groups attached to an aromatic ring is 1. The Morgan fingerprint density at radius 1 is 1.00 bits per heavy atom. The van der Waals surface area contributed by atoms with Gasteiger partial charge >= 0.3 is 0 Å². The van der Waals surface area contributed by atoms with Crippen molar-refractivity contribution in [3.8, 4) is 0 Å². The number of nitrogens with one attached hydrogen (secondary N) is 1. The topological polar surface area (TPSA) is 107 Å². The molecule has 1 aromatic carbocycles. The monoisotopic (exact) mass is 478 g/mol. The molecule has 1 aliphatic rings. The van der Waals surface area contributed by atoms with Gasteiger partial charge in [-0.05, 0) is 36.4 Å². The highest BCUT2D eigenvalue weighted by atomic mass is 32.2. The number of para-hydroxylation sites is 1. The van der Waals surface area contributed by atoms with Gasteiger partial charge in [0.25, 0.3) is 0 Å². The molecule has 3 aromatic heterocycles. The van der Waals surface area contributed by atoms with Crippen molar-refractivity contribution in [1.29, 1.82) is 0 Å². The molecular formula is C23H26N8S2. The summed E-state index contributed by atoms with van der Waals surface area (Å²) in [4.78, 5) is 14.4. The molecule has 8 nitrogen and oxygen atoms in total. The number of thiophene rings is 1. The lowest BCUT2D eigenvalue weighted by Crippen LogP contribution is -2.17. The maximum Gasteiger partial charge on any atom is 0.232 e. The summed E-state index contributed by atoms with van der Waals surface area (Å²) in [5.41, 5.74) is 6.87. The minimum atomic E-state index is 0.200. The fourth-order valence-corrected chi connectivity index (χ4v) is 5.72. The van der Waals surface area contributed by atoms with Gasteiger partial charge in [0, 0.05) is 23.0 Å². The summed E-state index contributed by atoms with van der Waals surface area (Å²) < 4.78 is 2.36. The van der Waals surface area contributed by atoms with Gasteiger partial charge in [-0.2, -0.15) is 15.0 Å². The number of hydrogen-bond acceptors (Lipinski definition) is 9. The number of rotatable bonds is 8. The Bertz CT molecular complexity index is 1170. The number of nitrogens with zero attached hydrogens (tertiary/aromatic N) is 6. The first-order valence-electron chi connectivity index (χ1n) is 11.2. The smallest absolute Gasteiger partial charge is 0.232 e. The van der Waals surface area contributed by atoms with Gasteiger partial charge in [-0.3, -0.25) is 0 Å². The molecule has 0 amide bonds. The molecule has 0 unspecified atom stereocenters. The quantitative estimate of drug-likeness (QED) is 0.331. The van der Waals surface area contributed by atoms with Crippen molar-refractivity contribution in [2.45, 2.75) is 55.5 Å². The van der Waals surface area contributed by atoms with Crippen molar-refractivity contribution in [3.63, 3.8) is 0 Å². The highest BCUT2D eigenvalue weighted by molar-refractivity contribution is 7.98. The Labute approximate surface area is 201 Å². The van der Waals surface area contributed by atoms with Crippen LogP contribution < -0.4 is 11.1 Å². The van der Waals surface area contributed by atoms with Crippen LogP contribution in [0.25, 0.3) is 0 Å². The van der Waals surface area contributed by atoms with Gasteiger partial charge in [0.1, 0.15) is 11.6 Å². The summed E-state index contributed by atoms with van der Waals surface area (Å²) in [6.07, 6.45) is 6.97. The van der Waals surface area contributed by atoms with Crippen molar-refractivity contribution < 1.29 is 0 Å². The van der Waals surface area contributed by atoms with Crippen molar-refractivity contribution in [2.75, 3.05) is 11.1 Å². The van der Waals surface area contributed by atoms with E-state index in [1.54, 1.807) is 23.1 Å². The second-order valence-electron chi connectivity index (χ2n) is 8.03. The molecule has 1 fully saturated rings. The molecule has 3 N–H and O–H groups in total. The largest absolute Gasteiger partial charge is 0.368 e. The minimum Gasteiger partial charge on any atom is -0.368 e. The predicted molar refractivity (Wildman–Crippen MR) is 133 cm³/mol. The molecule has 1 saturated carbocycles. The van der Waals surface area contributed by atoms with Gasteiger partial charge in [-0.25, -0.2) is 0 Å². The SMILES string of the molecule is Nc1nc(CSc2nnc(Cc3cccs3)n2C2CCCCC2)nc(Nc2ccccc2)n1. The van der Waals surface area contributed by atoms with E-state index in [4.69, 9.17) is 5.73 Å². The molecule has 3 heterocycles. The molecule has 4 aromatic rings. The first-order valence-corrected chi connectivity index (χ1v) is 13.0. The maximum absolute atomic E-state index is 5.97. The number of nitrogens with two attached hydrogens (primary N) is 1. The highest BCUT2D eigenvalue weighted by Crippen LogP contribution is 2.34. The van der Waals surface area contributed by atoms with Crippen LogP contribution in [0.4, 0.5) is 17.6 Å². The zero-order valence-electron chi connectivity index (χ0n) is 18.2. The van der Waals surface area contributed by atoms with E-state index in [0.29, 0.717) is 23.6 Å². The van der Waals surface area contributed by atoms with Crippen molar-refractivity contribution >= 4 is 40.7 Å². The number of hydrogen-bond donors (Lipinski definition) is 2. The Balaban J connectivity index is 1.35. The fraction of sp³-hybridized carbons (Fsp3) is 0.348.